The number of aromatic nitrogens is 7. The number of nitrogens with two attached hydrogens (primary N) is 1. The summed E-state index contributed by atoms with van der Waals surface area (Å²) in [4.78, 5) is 30.3. The number of hydrogen-bond donors (Lipinski definition) is 1. The number of carbonyl (C=O) groups is 1. The highest BCUT2D eigenvalue weighted by molar-refractivity contribution is 7.12. The van der Waals surface area contributed by atoms with Crippen molar-refractivity contribution in [1.29, 1.82) is 0 Å². The fourth-order valence-corrected chi connectivity index (χ4v) is 5.56. The van der Waals surface area contributed by atoms with Crippen LogP contribution in [0.5, 0.6) is 0 Å². The van der Waals surface area contributed by atoms with Gasteiger partial charge in [-0.3, -0.25) is 0 Å². The molecule has 0 aliphatic heterocycles. The van der Waals surface area contributed by atoms with Crippen LogP contribution >= 0.6 is 11.3 Å². The smallest absolute Gasteiger partial charge is 0.348 e. The van der Waals surface area contributed by atoms with Gasteiger partial charge >= 0.3 is 5.97 Å². The van der Waals surface area contributed by atoms with Gasteiger partial charge in [0, 0.05) is 29.1 Å². The number of esters is 1. The molecule has 0 aliphatic carbocycles. The second-order valence-electron chi connectivity index (χ2n) is 10.2. The molecule has 0 amide bonds. The van der Waals surface area contributed by atoms with Crippen molar-refractivity contribution in [3.63, 3.8) is 0 Å². The summed E-state index contributed by atoms with van der Waals surface area (Å²) in [5.41, 5.74) is 12.6. The van der Waals surface area contributed by atoms with Gasteiger partial charge in [-0.25, -0.2) is 29.4 Å². The first-order valence-corrected chi connectivity index (χ1v) is 13.4. The van der Waals surface area contributed by atoms with Crippen LogP contribution in [0.3, 0.4) is 0 Å². The van der Waals surface area contributed by atoms with E-state index >= 15 is 0 Å². The fourth-order valence-electron chi connectivity index (χ4n) is 4.73. The standard InChI is InChI=1S/C29H26N8O2S/c1-29(2,3)37-24-8-6-18(20-12-32-28(30)33-13-20)10-22(24)35-26(37)21-9-17(5-7-23(21)36-16-31-15-34-36)19-11-25(40-14-19)27(38)39-4/h5-16H,1-4H3,(H2,30,32,33). The predicted molar refractivity (Wildman–Crippen MR) is 155 cm³/mol. The zero-order valence-corrected chi connectivity index (χ0v) is 23.2. The number of carbonyl (C=O) groups excluding carboxylic acids is 1. The summed E-state index contributed by atoms with van der Waals surface area (Å²) in [5.74, 6) is 0.658. The lowest BCUT2D eigenvalue weighted by Gasteiger charge is -2.25. The molecule has 4 heterocycles. The Labute approximate surface area is 234 Å². The molecule has 11 heteroatoms. The lowest BCUT2D eigenvalue weighted by atomic mass is 10.0. The number of benzene rings is 2. The van der Waals surface area contributed by atoms with Gasteiger partial charge in [0.05, 0.1) is 23.8 Å². The lowest BCUT2D eigenvalue weighted by Crippen LogP contribution is -2.23. The van der Waals surface area contributed by atoms with E-state index in [0.717, 1.165) is 50.4 Å². The normalized spacial score (nSPS) is 11.7. The maximum Gasteiger partial charge on any atom is 0.348 e. The van der Waals surface area contributed by atoms with Gasteiger partial charge in [-0.05, 0) is 73.2 Å². The third-order valence-corrected chi connectivity index (χ3v) is 7.46. The van der Waals surface area contributed by atoms with Gasteiger partial charge in [0.15, 0.2) is 0 Å². The lowest BCUT2D eigenvalue weighted by molar-refractivity contribution is 0.0606. The third kappa shape index (κ3) is 4.50. The Kier molecular flexibility index (Phi) is 6.15. The Morgan fingerprint density at radius 3 is 2.42 bits per heavy atom. The number of nitrogens with zero attached hydrogens (tertiary/aromatic N) is 7. The molecule has 0 saturated carbocycles. The Bertz CT molecular complexity index is 1850. The van der Waals surface area contributed by atoms with E-state index < -0.39 is 0 Å². The molecule has 2 N–H and O–H groups in total. The number of hydrogen-bond acceptors (Lipinski definition) is 9. The average Bonchev–Trinajstić information content (AvgIpc) is 3.72. The zero-order valence-electron chi connectivity index (χ0n) is 22.4. The number of imidazole rings is 1. The summed E-state index contributed by atoms with van der Waals surface area (Å²) in [6.07, 6.45) is 6.59. The average molecular weight is 551 g/mol. The highest BCUT2D eigenvalue weighted by Crippen LogP contribution is 2.38. The summed E-state index contributed by atoms with van der Waals surface area (Å²) < 4.78 is 8.87. The second kappa shape index (κ2) is 9.69. The monoisotopic (exact) mass is 550 g/mol. The SMILES string of the molecule is COC(=O)c1cc(-c2ccc(-n3cncn3)c(-c3nc4cc(-c5cnc(N)nc5)ccc4n3C(C)(C)C)c2)cs1. The number of anilines is 1. The van der Waals surface area contributed by atoms with Gasteiger partial charge in [-0.2, -0.15) is 5.10 Å². The molecule has 0 bridgehead atoms. The summed E-state index contributed by atoms with van der Waals surface area (Å²) in [6.45, 7) is 6.46. The Hall–Kier alpha value is -4.90. The van der Waals surface area contributed by atoms with E-state index in [1.54, 1.807) is 23.4 Å². The first-order valence-electron chi connectivity index (χ1n) is 12.5. The summed E-state index contributed by atoms with van der Waals surface area (Å²) in [6, 6.07) is 14.1. The van der Waals surface area contributed by atoms with Crippen LogP contribution in [0.15, 0.2) is 72.9 Å². The Balaban J connectivity index is 1.58. The minimum absolute atomic E-state index is 0.231. The quantitative estimate of drug-likeness (QED) is 0.275. The Morgan fingerprint density at radius 1 is 0.975 bits per heavy atom. The van der Waals surface area contributed by atoms with Crippen LogP contribution in [0.25, 0.3) is 50.4 Å². The molecule has 0 saturated heterocycles. The predicted octanol–water partition coefficient (Wildman–Crippen LogP) is 5.59. The topological polar surface area (TPSA) is 127 Å². The van der Waals surface area contributed by atoms with Gasteiger partial charge in [0.1, 0.15) is 23.4 Å². The van der Waals surface area contributed by atoms with E-state index in [1.165, 1.54) is 24.8 Å². The molecule has 6 rings (SSSR count). The molecule has 0 fully saturated rings. The van der Waals surface area contributed by atoms with Crippen molar-refractivity contribution < 1.29 is 9.53 Å². The molecular formula is C29H26N8O2S. The minimum atomic E-state index is -0.354. The molecule has 0 atom stereocenters. The number of nitrogen functional groups attached to an aromatic ring is 1. The van der Waals surface area contributed by atoms with E-state index in [1.807, 2.05) is 35.7 Å². The van der Waals surface area contributed by atoms with Gasteiger partial charge in [-0.15, -0.1) is 11.3 Å². The van der Waals surface area contributed by atoms with Crippen molar-refractivity contribution >= 4 is 34.3 Å². The Morgan fingerprint density at radius 2 is 1.73 bits per heavy atom. The van der Waals surface area contributed by atoms with Crippen LogP contribution in [0.2, 0.25) is 0 Å². The largest absolute Gasteiger partial charge is 0.465 e. The second-order valence-corrected chi connectivity index (χ2v) is 11.1. The van der Waals surface area contributed by atoms with Crippen molar-refractivity contribution in [3.8, 4) is 39.3 Å². The minimum Gasteiger partial charge on any atom is -0.465 e. The van der Waals surface area contributed by atoms with Crippen molar-refractivity contribution in [1.82, 2.24) is 34.3 Å². The van der Waals surface area contributed by atoms with Crippen molar-refractivity contribution in [2.75, 3.05) is 12.8 Å². The van der Waals surface area contributed by atoms with Crippen molar-refractivity contribution in [2.24, 2.45) is 0 Å². The van der Waals surface area contributed by atoms with Gasteiger partial charge in [0.25, 0.3) is 0 Å². The molecule has 200 valence electrons. The number of thiophene rings is 1. The fraction of sp³-hybridized carbons (Fsp3) is 0.172. The van der Waals surface area contributed by atoms with Crippen molar-refractivity contribution in [2.45, 2.75) is 26.3 Å². The van der Waals surface area contributed by atoms with Crippen molar-refractivity contribution in [3.05, 3.63) is 77.8 Å². The van der Waals surface area contributed by atoms with Crippen LogP contribution in [-0.2, 0) is 10.3 Å². The molecule has 10 nitrogen and oxygen atoms in total. The van der Waals surface area contributed by atoms with E-state index in [-0.39, 0.29) is 17.5 Å². The summed E-state index contributed by atoms with van der Waals surface area (Å²) in [5, 5.41) is 6.36. The first-order chi connectivity index (χ1) is 19.2. The molecule has 2 aromatic carbocycles. The number of rotatable bonds is 5. The molecule has 0 aliphatic rings. The molecular weight excluding hydrogens is 524 g/mol. The summed E-state index contributed by atoms with van der Waals surface area (Å²) in [7, 11) is 1.38. The molecule has 0 radical (unpaired) electrons. The highest BCUT2D eigenvalue weighted by Gasteiger charge is 2.25. The molecule has 0 spiro atoms. The van der Waals surface area contributed by atoms with E-state index in [4.69, 9.17) is 15.5 Å². The maximum absolute atomic E-state index is 12.1. The van der Waals surface area contributed by atoms with Gasteiger partial charge in [0.2, 0.25) is 5.95 Å². The van der Waals surface area contributed by atoms with E-state index in [2.05, 4.69) is 57.5 Å². The molecule has 6 aromatic rings. The molecule has 40 heavy (non-hydrogen) atoms. The first kappa shape index (κ1) is 25.4. The van der Waals surface area contributed by atoms with Gasteiger partial charge in [-0.1, -0.05) is 12.1 Å². The number of methoxy groups -OCH3 is 1. The molecule has 0 unspecified atom stereocenters. The van der Waals surface area contributed by atoms with Gasteiger partial charge < -0.3 is 15.0 Å². The van der Waals surface area contributed by atoms with Crippen LogP contribution in [0, 0.1) is 0 Å². The third-order valence-electron chi connectivity index (χ3n) is 6.55. The van der Waals surface area contributed by atoms with Crippen LogP contribution in [0.4, 0.5) is 5.95 Å². The van der Waals surface area contributed by atoms with E-state index in [9.17, 15) is 4.79 Å². The maximum atomic E-state index is 12.1. The van der Waals surface area contributed by atoms with Crippen LogP contribution in [0.1, 0.15) is 30.4 Å². The van der Waals surface area contributed by atoms with Crippen LogP contribution < -0.4 is 5.73 Å². The number of ether oxygens (including phenoxy) is 1. The van der Waals surface area contributed by atoms with E-state index in [0.29, 0.717) is 4.88 Å². The summed E-state index contributed by atoms with van der Waals surface area (Å²) >= 11 is 1.35. The molecule has 4 aromatic heterocycles. The highest BCUT2D eigenvalue weighted by atomic mass is 32.1. The number of fused-ring (bicyclic) bond motifs is 1. The zero-order chi connectivity index (χ0) is 28.0. The van der Waals surface area contributed by atoms with Crippen LogP contribution in [-0.4, -0.2) is 47.4 Å².